The Labute approximate surface area is 94.2 Å². The van der Waals surface area contributed by atoms with Crippen LogP contribution in [-0.2, 0) is 0 Å². The van der Waals surface area contributed by atoms with Crippen LogP contribution in [0, 0.1) is 12.7 Å². The van der Waals surface area contributed by atoms with E-state index < -0.39 is 0 Å². The summed E-state index contributed by atoms with van der Waals surface area (Å²) in [5.41, 5.74) is 7.69. The third-order valence-corrected chi connectivity index (χ3v) is 2.76. The molecule has 3 nitrogen and oxygen atoms in total. The number of nitrogens with zero attached hydrogens (tertiary/aromatic N) is 1. The average molecular weight is 271 g/mol. The van der Waals surface area contributed by atoms with Crippen LogP contribution in [0.25, 0.3) is 11.3 Å². The lowest BCUT2D eigenvalue weighted by atomic mass is 10.1. The van der Waals surface area contributed by atoms with Gasteiger partial charge in [-0.25, -0.2) is 4.39 Å². The Hall–Kier alpha value is -1.36. The van der Waals surface area contributed by atoms with E-state index in [4.69, 9.17) is 10.3 Å². The maximum Gasteiger partial charge on any atom is 0.225 e. The number of nitrogen functional groups attached to an aromatic ring is 1. The fourth-order valence-electron chi connectivity index (χ4n) is 1.26. The first-order valence-corrected chi connectivity index (χ1v) is 5.06. The molecular formula is C10H8BrFN2O. The Morgan fingerprint density at radius 2 is 2.20 bits per heavy atom. The molecule has 1 aromatic carbocycles. The summed E-state index contributed by atoms with van der Waals surface area (Å²) in [6.45, 7) is 1.80. The predicted octanol–water partition coefficient (Wildman–Crippen LogP) is 3.13. The van der Waals surface area contributed by atoms with Crippen molar-refractivity contribution in [3.63, 3.8) is 0 Å². The molecule has 1 aromatic heterocycles. The molecule has 78 valence electrons. The Balaban J connectivity index is 2.55. The van der Waals surface area contributed by atoms with Crippen molar-refractivity contribution in [2.24, 2.45) is 0 Å². The van der Waals surface area contributed by atoms with Crippen LogP contribution in [0.15, 0.2) is 27.2 Å². The lowest BCUT2D eigenvalue weighted by Gasteiger charge is -1.99. The molecule has 0 spiro atoms. The molecule has 0 amide bonds. The van der Waals surface area contributed by atoms with E-state index in [9.17, 15) is 4.39 Å². The second-order valence-electron chi connectivity index (χ2n) is 3.15. The predicted molar refractivity (Wildman–Crippen MR) is 58.7 cm³/mol. The van der Waals surface area contributed by atoms with Gasteiger partial charge in [0.15, 0.2) is 0 Å². The number of hydrogen-bond donors (Lipinski definition) is 1. The maximum absolute atomic E-state index is 13.0. The summed E-state index contributed by atoms with van der Waals surface area (Å²) < 4.78 is 18.2. The number of benzene rings is 1. The normalized spacial score (nSPS) is 10.6. The zero-order chi connectivity index (χ0) is 11.0. The van der Waals surface area contributed by atoms with Crippen molar-refractivity contribution < 1.29 is 8.91 Å². The minimum absolute atomic E-state index is 0.283. The number of nitrogens with two attached hydrogens (primary N) is 1. The standard InChI is InChI=1S/C10H8BrFN2O/c1-5-9(14-15-10(5)13)6-2-3-8(12)7(11)4-6/h2-4H,13H2,1H3. The second-order valence-corrected chi connectivity index (χ2v) is 4.00. The van der Waals surface area contributed by atoms with E-state index in [-0.39, 0.29) is 11.7 Å². The number of rotatable bonds is 1. The minimum Gasteiger partial charge on any atom is -0.367 e. The highest BCUT2D eigenvalue weighted by atomic mass is 79.9. The summed E-state index contributed by atoms with van der Waals surface area (Å²) in [6, 6.07) is 4.63. The van der Waals surface area contributed by atoms with Crippen LogP contribution in [-0.4, -0.2) is 5.16 Å². The Bertz CT molecular complexity index is 510. The molecule has 5 heteroatoms. The number of aromatic nitrogens is 1. The molecule has 2 rings (SSSR count). The minimum atomic E-state index is -0.312. The zero-order valence-corrected chi connectivity index (χ0v) is 9.51. The van der Waals surface area contributed by atoms with Gasteiger partial charge in [0.25, 0.3) is 0 Å². The molecule has 0 saturated carbocycles. The summed E-state index contributed by atoms with van der Waals surface area (Å²) in [5, 5.41) is 3.81. The highest BCUT2D eigenvalue weighted by Crippen LogP contribution is 2.28. The van der Waals surface area contributed by atoms with Gasteiger partial charge in [-0.05, 0) is 41.1 Å². The van der Waals surface area contributed by atoms with Gasteiger partial charge >= 0.3 is 0 Å². The first-order chi connectivity index (χ1) is 7.09. The molecule has 0 saturated heterocycles. The van der Waals surface area contributed by atoms with Crippen LogP contribution in [0.4, 0.5) is 10.3 Å². The molecule has 0 unspecified atom stereocenters. The highest BCUT2D eigenvalue weighted by molar-refractivity contribution is 9.10. The third-order valence-electron chi connectivity index (χ3n) is 2.15. The van der Waals surface area contributed by atoms with Gasteiger partial charge in [-0.3, -0.25) is 0 Å². The lowest BCUT2D eigenvalue weighted by Crippen LogP contribution is -1.86. The van der Waals surface area contributed by atoms with Crippen LogP contribution in [0.2, 0.25) is 0 Å². The van der Waals surface area contributed by atoms with E-state index in [0.29, 0.717) is 10.2 Å². The van der Waals surface area contributed by atoms with Crippen molar-refractivity contribution in [3.8, 4) is 11.3 Å². The van der Waals surface area contributed by atoms with Gasteiger partial charge in [0, 0.05) is 11.1 Å². The fourth-order valence-corrected chi connectivity index (χ4v) is 1.64. The summed E-state index contributed by atoms with van der Waals surface area (Å²) in [6.07, 6.45) is 0. The van der Waals surface area contributed by atoms with Gasteiger partial charge in [0.1, 0.15) is 11.5 Å². The molecular weight excluding hydrogens is 263 g/mol. The van der Waals surface area contributed by atoms with E-state index in [1.54, 1.807) is 19.1 Å². The zero-order valence-electron chi connectivity index (χ0n) is 7.92. The molecule has 15 heavy (non-hydrogen) atoms. The molecule has 0 aliphatic heterocycles. The van der Waals surface area contributed by atoms with Crippen molar-refractivity contribution in [2.75, 3.05) is 5.73 Å². The van der Waals surface area contributed by atoms with Crippen LogP contribution in [0.3, 0.4) is 0 Å². The third kappa shape index (κ3) is 1.74. The maximum atomic E-state index is 13.0. The number of halogens is 2. The van der Waals surface area contributed by atoms with Crippen LogP contribution in [0.5, 0.6) is 0 Å². The summed E-state index contributed by atoms with van der Waals surface area (Å²) in [4.78, 5) is 0. The van der Waals surface area contributed by atoms with Gasteiger partial charge in [0.2, 0.25) is 5.88 Å². The summed E-state index contributed by atoms with van der Waals surface area (Å²) in [5.74, 6) is -0.0293. The average Bonchev–Trinajstić information content (AvgIpc) is 2.53. The van der Waals surface area contributed by atoms with Gasteiger partial charge < -0.3 is 10.3 Å². The molecule has 0 fully saturated rings. The lowest BCUT2D eigenvalue weighted by molar-refractivity contribution is 0.439. The van der Waals surface area contributed by atoms with Crippen LogP contribution in [0.1, 0.15) is 5.56 Å². The van der Waals surface area contributed by atoms with Crippen molar-refractivity contribution in [2.45, 2.75) is 6.92 Å². The van der Waals surface area contributed by atoms with E-state index >= 15 is 0 Å². The monoisotopic (exact) mass is 270 g/mol. The van der Waals surface area contributed by atoms with Crippen LogP contribution < -0.4 is 5.73 Å². The molecule has 0 bridgehead atoms. The van der Waals surface area contributed by atoms with E-state index in [0.717, 1.165) is 11.1 Å². The van der Waals surface area contributed by atoms with Gasteiger partial charge in [-0.1, -0.05) is 5.16 Å². The fraction of sp³-hybridized carbons (Fsp3) is 0.100. The SMILES string of the molecule is Cc1c(-c2ccc(F)c(Br)c2)noc1N. The first kappa shape index (κ1) is 10.2. The Morgan fingerprint density at radius 3 is 2.73 bits per heavy atom. The van der Waals surface area contributed by atoms with Crippen LogP contribution >= 0.6 is 15.9 Å². The van der Waals surface area contributed by atoms with Crippen molar-refractivity contribution in [1.82, 2.24) is 5.16 Å². The first-order valence-electron chi connectivity index (χ1n) is 4.26. The molecule has 2 N–H and O–H groups in total. The Morgan fingerprint density at radius 1 is 1.47 bits per heavy atom. The molecule has 1 heterocycles. The summed E-state index contributed by atoms with van der Waals surface area (Å²) in [7, 11) is 0. The number of anilines is 1. The van der Waals surface area contributed by atoms with Crippen molar-refractivity contribution >= 4 is 21.8 Å². The van der Waals surface area contributed by atoms with Crippen molar-refractivity contribution in [3.05, 3.63) is 34.1 Å². The molecule has 2 aromatic rings. The number of hydrogen-bond acceptors (Lipinski definition) is 3. The van der Waals surface area contributed by atoms with Gasteiger partial charge in [-0.15, -0.1) is 0 Å². The molecule has 0 radical (unpaired) electrons. The molecule has 0 atom stereocenters. The second kappa shape index (κ2) is 3.66. The molecule has 0 aliphatic carbocycles. The topological polar surface area (TPSA) is 52.0 Å². The van der Waals surface area contributed by atoms with E-state index in [1.165, 1.54) is 6.07 Å². The quantitative estimate of drug-likeness (QED) is 0.866. The summed E-state index contributed by atoms with van der Waals surface area (Å²) >= 11 is 3.11. The van der Waals surface area contributed by atoms with Gasteiger partial charge in [0.05, 0.1) is 4.47 Å². The molecule has 0 aliphatic rings. The smallest absolute Gasteiger partial charge is 0.225 e. The Kier molecular flexibility index (Phi) is 2.48. The van der Waals surface area contributed by atoms with Crippen molar-refractivity contribution in [1.29, 1.82) is 0 Å². The van der Waals surface area contributed by atoms with Gasteiger partial charge in [-0.2, -0.15) is 0 Å². The van der Waals surface area contributed by atoms with E-state index in [1.807, 2.05) is 0 Å². The largest absolute Gasteiger partial charge is 0.367 e. The highest BCUT2D eigenvalue weighted by Gasteiger charge is 2.12. The van der Waals surface area contributed by atoms with E-state index in [2.05, 4.69) is 21.1 Å².